The normalized spacial score (nSPS) is 48.3. The molecule has 3 saturated carbocycles. The van der Waals surface area contributed by atoms with Crippen molar-refractivity contribution in [2.45, 2.75) is 84.7 Å². The SMILES string of the molecule is COC(=O)CC[C@@H](C)[C@@H]1CC[C@@H]2[C@H]3CC[C@H]4C[C@@H](O)CC[C@]4(C)[C@@H]3C=C[C@]21C. The third kappa shape index (κ3) is 3.16. The van der Waals surface area contributed by atoms with Crippen molar-refractivity contribution >= 4 is 5.97 Å². The number of methoxy groups -OCH3 is 1. The summed E-state index contributed by atoms with van der Waals surface area (Å²) >= 11 is 0. The van der Waals surface area contributed by atoms with E-state index in [1.165, 1.54) is 39.2 Å². The molecule has 3 nitrogen and oxygen atoms in total. The van der Waals surface area contributed by atoms with Crippen LogP contribution in [0.4, 0.5) is 0 Å². The van der Waals surface area contributed by atoms with Crippen molar-refractivity contribution in [2.24, 2.45) is 46.3 Å². The summed E-state index contributed by atoms with van der Waals surface area (Å²) in [7, 11) is 1.49. The van der Waals surface area contributed by atoms with Crippen molar-refractivity contribution in [3.63, 3.8) is 0 Å². The summed E-state index contributed by atoms with van der Waals surface area (Å²) in [5.41, 5.74) is 0.669. The quantitative estimate of drug-likeness (QED) is 0.520. The smallest absolute Gasteiger partial charge is 0.305 e. The Kier molecular flexibility index (Phi) is 5.44. The highest BCUT2D eigenvalue weighted by Crippen LogP contribution is 2.66. The van der Waals surface area contributed by atoms with Crippen LogP contribution in [0.1, 0.15) is 78.6 Å². The minimum absolute atomic E-state index is 0.0704. The average molecular weight is 389 g/mol. The molecule has 0 spiro atoms. The van der Waals surface area contributed by atoms with Crippen LogP contribution in [0.25, 0.3) is 0 Å². The lowest BCUT2D eigenvalue weighted by Crippen LogP contribution is -2.52. The van der Waals surface area contributed by atoms with E-state index >= 15 is 0 Å². The van der Waals surface area contributed by atoms with Crippen molar-refractivity contribution in [1.82, 2.24) is 0 Å². The molecule has 0 aromatic heterocycles. The minimum atomic E-state index is -0.0727. The number of carbonyl (C=O) groups excluding carboxylic acids is 1. The van der Waals surface area contributed by atoms with Gasteiger partial charge in [0.05, 0.1) is 13.2 Å². The van der Waals surface area contributed by atoms with Crippen molar-refractivity contribution in [3.8, 4) is 0 Å². The van der Waals surface area contributed by atoms with E-state index in [2.05, 4.69) is 32.9 Å². The molecule has 0 unspecified atom stereocenters. The first-order valence-electron chi connectivity index (χ1n) is 11.7. The van der Waals surface area contributed by atoms with Crippen molar-refractivity contribution in [3.05, 3.63) is 12.2 Å². The Morgan fingerprint density at radius 2 is 2.00 bits per heavy atom. The van der Waals surface area contributed by atoms with Crippen LogP contribution in [0.15, 0.2) is 12.2 Å². The Morgan fingerprint density at radius 3 is 2.75 bits per heavy atom. The van der Waals surface area contributed by atoms with Gasteiger partial charge in [-0.15, -0.1) is 0 Å². The lowest BCUT2D eigenvalue weighted by Gasteiger charge is -2.58. The molecule has 1 N–H and O–H groups in total. The van der Waals surface area contributed by atoms with Crippen LogP contribution in [-0.2, 0) is 9.53 Å². The van der Waals surface area contributed by atoms with E-state index in [9.17, 15) is 9.90 Å². The zero-order valence-corrected chi connectivity index (χ0v) is 18.3. The zero-order valence-electron chi connectivity index (χ0n) is 18.3. The molecular weight excluding hydrogens is 348 g/mol. The molecule has 4 aliphatic rings. The number of carbonyl (C=O) groups is 1. The Bertz CT molecular complexity index is 627. The van der Waals surface area contributed by atoms with E-state index in [1.54, 1.807) is 0 Å². The maximum absolute atomic E-state index is 11.6. The highest BCUT2D eigenvalue weighted by atomic mass is 16.5. The number of fused-ring (bicyclic) bond motifs is 5. The first kappa shape index (κ1) is 20.4. The molecule has 0 aliphatic heterocycles. The van der Waals surface area contributed by atoms with Gasteiger partial charge >= 0.3 is 5.97 Å². The molecule has 4 rings (SSSR count). The standard InChI is InChI=1S/C25H40O3/c1-16(5-10-23(27)28-4)20-8-9-21-19-7-6-17-15-18(26)11-13-24(17,2)22(19)12-14-25(20,21)3/h12,14,16-22,26H,5-11,13,15H2,1-4H3/t16-,17+,18+,19-,20+,21-,22-,24+,25+/m1/s1. The maximum Gasteiger partial charge on any atom is 0.305 e. The second kappa shape index (κ2) is 7.45. The summed E-state index contributed by atoms with van der Waals surface area (Å²) in [5, 5.41) is 10.2. The van der Waals surface area contributed by atoms with Crippen LogP contribution in [0.5, 0.6) is 0 Å². The van der Waals surface area contributed by atoms with Gasteiger partial charge in [0, 0.05) is 6.42 Å². The molecular formula is C25H40O3. The number of hydrogen-bond donors (Lipinski definition) is 1. The van der Waals surface area contributed by atoms with Crippen molar-refractivity contribution in [1.29, 1.82) is 0 Å². The van der Waals surface area contributed by atoms with Crippen LogP contribution in [0, 0.1) is 46.3 Å². The van der Waals surface area contributed by atoms with Gasteiger partial charge in [-0.3, -0.25) is 4.79 Å². The number of aliphatic hydroxyl groups is 1. The second-order valence-electron chi connectivity index (χ2n) is 11.0. The fraction of sp³-hybridized carbons (Fsp3) is 0.880. The van der Waals surface area contributed by atoms with Crippen LogP contribution in [-0.4, -0.2) is 24.3 Å². The van der Waals surface area contributed by atoms with Gasteiger partial charge in [-0.1, -0.05) is 32.9 Å². The first-order valence-corrected chi connectivity index (χ1v) is 11.7. The average Bonchev–Trinajstić information content (AvgIpc) is 3.03. The van der Waals surface area contributed by atoms with Gasteiger partial charge in [0.1, 0.15) is 0 Å². The highest BCUT2D eigenvalue weighted by Gasteiger charge is 2.58. The van der Waals surface area contributed by atoms with Gasteiger partial charge in [0.2, 0.25) is 0 Å². The summed E-state index contributed by atoms with van der Waals surface area (Å²) in [6.45, 7) is 7.39. The highest BCUT2D eigenvalue weighted by molar-refractivity contribution is 5.69. The second-order valence-corrected chi connectivity index (χ2v) is 11.0. The molecule has 4 aliphatic carbocycles. The monoisotopic (exact) mass is 388 g/mol. The third-order valence-corrected chi connectivity index (χ3v) is 9.86. The van der Waals surface area contributed by atoms with Crippen LogP contribution in [0.2, 0.25) is 0 Å². The summed E-state index contributed by atoms with van der Waals surface area (Å²) in [6.07, 6.45) is 15.1. The van der Waals surface area contributed by atoms with Crippen LogP contribution >= 0.6 is 0 Å². The summed E-state index contributed by atoms with van der Waals surface area (Å²) < 4.78 is 4.86. The molecule has 0 saturated heterocycles. The van der Waals surface area contributed by atoms with Gasteiger partial charge in [0.15, 0.2) is 0 Å². The zero-order chi connectivity index (χ0) is 20.1. The summed E-state index contributed by atoms with van der Waals surface area (Å²) in [5.74, 6) is 4.16. The Hall–Kier alpha value is -0.830. The van der Waals surface area contributed by atoms with Crippen molar-refractivity contribution < 1.29 is 14.6 Å². The largest absolute Gasteiger partial charge is 0.469 e. The molecule has 158 valence electrons. The van der Waals surface area contributed by atoms with E-state index in [0.717, 1.165) is 31.1 Å². The predicted octanol–water partition coefficient (Wildman–Crippen LogP) is 5.37. The van der Waals surface area contributed by atoms with Gasteiger partial charge in [-0.2, -0.15) is 0 Å². The van der Waals surface area contributed by atoms with Gasteiger partial charge in [0.25, 0.3) is 0 Å². The third-order valence-electron chi connectivity index (χ3n) is 9.86. The molecule has 9 atom stereocenters. The number of rotatable bonds is 4. The number of allylic oxidation sites excluding steroid dienone is 2. The van der Waals surface area contributed by atoms with E-state index in [4.69, 9.17) is 4.74 Å². The Morgan fingerprint density at radius 1 is 1.21 bits per heavy atom. The number of hydrogen-bond acceptors (Lipinski definition) is 3. The van der Waals surface area contributed by atoms with Crippen LogP contribution < -0.4 is 0 Å². The molecule has 0 aromatic rings. The van der Waals surface area contributed by atoms with Gasteiger partial charge in [-0.25, -0.2) is 0 Å². The number of ether oxygens (including phenoxy) is 1. The summed E-state index contributed by atoms with van der Waals surface area (Å²) in [4.78, 5) is 11.6. The van der Waals surface area contributed by atoms with Crippen LogP contribution in [0.3, 0.4) is 0 Å². The molecule has 0 aromatic carbocycles. The topological polar surface area (TPSA) is 46.5 Å². The van der Waals surface area contributed by atoms with Gasteiger partial charge < -0.3 is 9.84 Å². The molecule has 0 amide bonds. The lowest BCUT2D eigenvalue weighted by atomic mass is 9.46. The first-order chi connectivity index (χ1) is 13.3. The van der Waals surface area contributed by atoms with E-state index in [1.807, 2.05) is 0 Å². The molecule has 28 heavy (non-hydrogen) atoms. The molecule has 0 bridgehead atoms. The summed E-state index contributed by atoms with van der Waals surface area (Å²) in [6, 6.07) is 0. The number of esters is 1. The molecule has 3 fully saturated rings. The molecule has 0 heterocycles. The van der Waals surface area contributed by atoms with E-state index in [0.29, 0.717) is 35.5 Å². The minimum Gasteiger partial charge on any atom is -0.469 e. The van der Waals surface area contributed by atoms with E-state index in [-0.39, 0.29) is 17.5 Å². The van der Waals surface area contributed by atoms with Gasteiger partial charge in [-0.05, 0) is 97.7 Å². The van der Waals surface area contributed by atoms with E-state index < -0.39 is 0 Å². The molecule has 0 radical (unpaired) electrons. The Labute approximate surface area is 171 Å². The predicted molar refractivity (Wildman–Crippen MR) is 112 cm³/mol. The lowest BCUT2D eigenvalue weighted by molar-refractivity contribution is -0.141. The fourth-order valence-electron chi connectivity index (χ4n) is 8.20. The maximum atomic E-state index is 11.6. The van der Waals surface area contributed by atoms with Crippen molar-refractivity contribution in [2.75, 3.05) is 7.11 Å². The number of aliphatic hydroxyl groups excluding tert-OH is 1. The molecule has 3 heteroatoms. The Balaban J connectivity index is 1.53. The fourth-order valence-corrected chi connectivity index (χ4v) is 8.20.